The molecule has 0 bridgehead atoms. The molecule has 0 saturated heterocycles. The standard InChI is InChI=1S/C15H11ClN2OS/c1-20(19)13-9-5-3-7-11(13)14-10-6-2-4-8-12(10)17-15(16)18-14/h2-9H,1H3. The zero-order chi connectivity index (χ0) is 14.1. The Bertz CT molecular complexity index is 820. The van der Waals surface area contributed by atoms with Gasteiger partial charge in [-0.15, -0.1) is 0 Å². The van der Waals surface area contributed by atoms with Gasteiger partial charge in [0.25, 0.3) is 0 Å². The van der Waals surface area contributed by atoms with Gasteiger partial charge in [0.2, 0.25) is 5.28 Å². The SMILES string of the molecule is CS(=O)c1ccccc1-c1nc(Cl)nc2ccccc12. The van der Waals surface area contributed by atoms with Gasteiger partial charge in [0.05, 0.1) is 22.0 Å². The molecule has 1 aromatic heterocycles. The highest BCUT2D eigenvalue weighted by Crippen LogP contribution is 2.30. The van der Waals surface area contributed by atoms with Crippen LogP contribution < -0.4 is 0 Å². The second kappa shape index (κ2) is 5.31. The van der Waals surface area contributed by atoms with E-state index >= 15 is 0 Å². The molecule has 3 nitrogen and oxygen atoms in total. The molecule has 0 amide bonds. The van der Waals surface area contributed by atoms with Crippen LogP contribution >= 0.6 is 11.6 Å². The number of aromatic nitrogens is 2. The summed E-state index contributed by atoms with van der Waals surface area (Å²) in [4.78, 5) is 9.29. The van der Waals surface area contributed by atoms with Crippen LogP contribution in [0.3, 0.4) is 0 Å². The first-order valence-corrected chi connectivity index (χ1v) is 7.95. The Morgan fingerprint density at radius 3 is 2.50 bits per heavy atom. The summed E-state index contributed by atoms with van der Waals surface area (Å²) in [5, 5.41) is 1.09. The number of rotatable bonds is 2. The Balaban J connectivity index is 2.38. The second-order valence-electron chi connectivity index (χ2n) is 4.31. The fourth-order valence-electron chi connectivity index (χ4n) is 2.17. The second-order valence-corrected chi connectivity index (χ2v) is 5.99. The predicted octanol–water partition coefficient (Wildman–Crippen LogP) is 3.69. The highest BCUT2D eigenvalue weighted by Gasteiger charge is 2.13. The van der Waals surface area contributed by atoms with Crippen molar-refractivity contribution >= 4 is 33.3 Å². The molecular weight excluding hydrogens is 292 g/mol. The Hall–Kier alpha value is -1.78. The lowest BCUT2D eigenvalue weighted by Gasteiger charge is -2.09. The number of fused-ring (bicyclic) bond motifs is 1. The van der Waals surface area contributed by atoms with Crippen molar-refractivity contribution in [2.24, 2.45) is 0 Å². The van der Waals surface area contributed by atoms with Crippen molar-refractivity contribution in [1.82, 2.24) is 9.97 Å². The molecule has 0 N–H and O–H groups in total. The molecule has 0 aliphatic carbocycles. The lowest BCUT2D eigenvalue weighted by Crippen LogP contribution is -1.96. The van der Waals surface area contributed by atoms with Crippen LogP contribution in [0.1, 0.15) is 0 Å². The van der Waals surface area contributed by atoms with Gasteiger partial charge in [-0.1, -0.05) is 36.4 Å². The molecular formula is C15H11ClN2OS. The van der Waals surface area contributed by atoms with Crippen molar-refractivity contribution < 1.29 is 4.21 Å². The van der Waals surface area contributed by atoms with Crippen LogP contribution in [0.2, 0.25) is 5.28 Å². The fourth-order valence-corrected chi connectivity index (χ4v) is 3.09. The van der Waals surface area contributed by atoms with Crippen LogP contribution in [0.15, 0.2) is 53.4 Å². The Morgan fingerprint density at radius 1 is 1.00 bits per heavy atom. The van der Waals surface area contributed by atoms with E-state index in [1.807, 2.05) is 48.5 Å². The highest BCUT2D eigenvalue weighted by atomic mass is 35.5. The number of halogens is 1. The van der Waals surface area contributed by atoms with Crippen LogP contribution in [0.25, 0.3) is 22.2 Å². The quantitative estimate of drug-likeness (QED) is 0.678. The van der Waals surface area contributed by atoms with Gasteiger partial charge < -0.3 is 0 Å². The van der Waals surface area contributed by atoms with Crippen LogP contribution in [0.4, 0.5) is 0 Å². The summed E-state index contributed by atoms with van der Waals surface area (Å²) < 4.78 is 11.9. The monoisotopic (exact) mass is 302 g/mol. The molecule has 0 aliphatic rings. The van der Waals surface area contributed by atoms with Gasteiger partial charge in [0, 0.05) is 22.1 Å². The molecule has 0 spiro atoms. The van der Waals surface area contributed by atoms with E-state index in [0.29, 0.717) is 5.69 Å². The van der Waals surface area contributed by atoms with Crippen LogP contribution in [-0.2, 0) is 10.8 Å². The summed E-state index contributed by atoms with van der Waals surface area (Å²) in [6.07, 6.45) is 1.66. The maximum Gasteiger partial charge on any atom is 0.223 e. The molecule has 3 aromatic rings. The Morgan fingerprint density at radius 2 is 1.70 bits per heavy atom. The van der Waals surface area contributed by atoms with E-state index in [9.17, 15) is 4.21 Å². The lowest BCUT2D eigenvalue weighted by atomic mass is 10.1. The number of hydrogen-bond donors (Lipinski definition) is 0. The minimum Gasteiger partial charge on any atom is -0.255 e. The third-order valence-electron chi connectivity index (χ3n) is 3.03. The van der Waals surface area contributed by atoms with Gasteiger partial charge >= 0.3 is 0 Å². The van der Waals surface area contributed by atoms with E-state index in [1.54, 1.807) is 6.26 Å². The fraction of sp³-hybridized carbons (Fsp3) is 0.0667. The summed E-state index contributed by atoms with van der Waals surface area (Å²) in [5.74, 6) is 0. The molecule has 1 atom stereocenters. The van der Waals surface area contributed by atoms with E-state index in [-0.39, 0.29) is 5.28 Å². The van der Waals surface area contributed by atoms with Gasteiger partial charge in [-0.2, -0.15) is 0 Å². The average molecular weight is 303 g/mol. The van der Waals surface area contributed by atoms with Gasteiger partial charge in [-0.25, -0.2) is 9.97 Å². The summed E-state index contributed by atoms with van der Waals surface area (Å²) in [5.41, 5.74) is 2.32. The first kappa shape index (κ1) is 13.2. The van der Waals surface area contributed by atoms with Gasteiger partial charge in [-0.3, -0.25) is 4.21 Å². The maximum atomic E-state index is 11.9. The molecule has 0 saturated carbocycles. The lowest BCUT2D eigenvalue weighted by molar-refractivity contribution is 0.687. The first-order valence-electron chi connectivity index (χ1n) is 6.02. The molecule has 3 rings (SSSR count). The maximum absolute atomic E-state index is 11.9. The molecule has 20 heavy (non-hydrogen) atoms. The number of para-hydroxylation sites is 1. The molecule has 1 unspecified atom stereocenters. The highest BCUT2D eigenvalue weighted by molar-refractivity contribution is 7.84. The smallest absolute Gasteiger partial charge is 0.223 e. The third-order valence-corrected chi connectivity index (χ3v) is 4.17. The van der Waals surface area contributed by atoms with Crippen molar-refractivity contribution in [2.45, 2.75) is 4.90 Å². The van der Waals surface area contributed by atoms with Crippen molar-refractivity contribution in [3.05, 3.63) is 53.8 Å². The van der Waals surface area contributed by atoms with Gasteiger partial charge in [0.1, 0.15) is 0 Å². The minimum atomic E-state index is -1.09. The zero-order valence-corrected chi connectivity index (χ0v) is 12.3. The molecule has 100 valence electrons. The molecule has 0 radical (unpaired) electrons. The van der Waals surface area contributed by atoms with E-state index in [4.69, 9.17) is 11.6 Å². The molecule has 0 fully saturated rings. The summed E-state index contributed by atoms with van der Waals surface area (Å²) in [6.45, 7) is 0. The zero-order valence-electron chi connectivity index (χ0n) is 10.7. The van der Waals surface area contributed by atoms with Crippen LogP contribution in [0, 0.1) is 0 Å². The van der Waals surface area contributed by atoms with Crippen LogP contribution in [-0.4, -0.2) is 20.4 Å². The molecule has 0 aliphatic heterocycles. The Kier molecular flexibility index (Phi) is 3.51. The topological polar surface area (TPSA) is 42.9 Å². The molecule has 2 aromatic carbocycles. The van der Waals surface area contributed by atoms with Crippen molar-refractivity contribution in [3.63, 3.8) is 0 Å². The largest absolute Gasteiger partial charge is 0.255 e. The molecule has 5 heteroatoms. The number of benzene rings is 2. The minimum absolute atomic E-state index is 0.190. The van der Waals surface area contributed by atoms with Crippen molar-refractivity contribution in [1.29, 1.82) is 0 Å². The molecule has 1 heterocycles. The summed E-state index contributed by atoms with van der Waals surface area (Å²) >= 11 is 6.01. The van der Waals surface area contributed by atoms with E-state index < -0.39 is 10.8 Å². The van der Waals surface area contributed by atoms with Crippen molar-refractivity contribution in [3.8, 4) is 11.3 Å². The predicted molar refractivity (Wildman–Crippen MR) is 82.3 cm³/mol. The van der Waals surface area contributed by atoms with Crippen molar-refractivity contribution in [2.75, 3.05) is 6.26 Å². The number of hydrogen-bond acceptors (Lipinski definition) is 3. The van der Waals surface area contributed by atoms with E-state index in [1.165, 1.54) is 0 Å². The average Bonchev–Trinajstić information content (AvgIpc) is 2.46. The Labute approximate surface area is 124 Å². The van der Waals surface area contributed by atoms with E-state index in [0.717, 1.165) is 21.4 Å². The summed E-state index contributed by atoms with van der Waals surface area (Å²) in [7, 11) is -1.09. The van der Waals surface area contributed by atoms with E-state index in [2.05, 4.69) is 9.97 Å². The normalized spacial score (nSPS) is 12.5. The summed E-state index contributed by atoms with van der Waals surface area (Å²) in [6, 6.07) is 15.2. The third kappa shape index (κ3) is 2.32. The van der Waals surface area contributed by atoms with Crippen LogP contribution in [0.5, 0.6) is 0 Å². The first-order chi connectivity index (χ1) is 9.66. The van der Waals surface area contributed by atoms with Gasteiger partial charge in [-0.05, 0) is 23.7 Å². The van der Waals surface area contributed by atoms with Gasteiger partial charge in [0.15, 0.2) is 0 Å². The number of nitrogens with zero attached hydrogens (tertiary/aromatic N) is 2.